The van der Waals surface area contributed by atoms with Crippen LogP contribution in [0, 0.1) is 0 Å². The highest BCUT2D eigenvalue weighted by Gasteiger charge is 2.08. The fourth-order valence-corrected chi connectivity index (χ4v) is 1.47. The van der Waals surface area contributed by atoms with Gasteiger partial charge in [-0.25, -0.2) is 0 Å². The first-order chi connectivity index (χ1) is 7.56. The van der Waals surface area contributed by atoms with E-state index >= 15 is 0 Å². The molecular weight excluding hydrogens is 206 g/mol. The summed E-state index contributed by atoms with van der Waals surface area (Å²) in [5, 5.41) is 11.3. The minimum atomic E-state index is -0.816. The maximum atomic E-state index is 11.4. The van der Waals surface area contributed by atoms with Gasteiger partial charge in [-0.05, 0) is 19.8 Å². The number of unbranched alkanes of at least 4 members (excludes halogenated alkanes) is 3. The topological polar surface area (TPSA) is 66.4 Å². The van der Waals surface area contributed by atoms with Crippen molar-refractivity contribution in [3.63, 3.8) is 0 Å². The second-order valence-corrected chi connectivity index (χ2v) is 4.21. The first-order valence-electron chi connectivity index (χ1n) is 6.07. The number of rotatable bonds is 9. The van der Waals surface area contributed by atoms with Crippen molar-refractivity contribution in [3.05, 3.63) is 0 Å². The van der Waals surface area contributed by atoms with E-state index in [1.54, 1.807) is 0 Å². The molecule has 0 aromatic carbocycles. The Morgan fingerprint density at radius 3 is 2.44 bits per heavy atom. The number of hydrogen-bond acceptors (Lipinski definition) is 2. The highest BCUT2D eigenvalue weighted by Crippen LogP contribution is 2.03. The van der Waals surface area contributed by atoms with Crippen molar-refractivity contribution in [2.24, 2.45) is 0 Å². The van der Waals surface area contributed by atoms with Gasteiger partial charge in [-0.2, -0.15) is 0 Å². The number of carboxylic acids is 1. The largest absolute Gasteiger partial charge is 0.481 e. The van der Waals surface area contributed by atoms with Crippen molar-refractivity contribution in [1.82, 2.24) is 5.32 Å². The van der Waals surface area contributed by atoms with Gasteiger partial charge < -0.3 is 10.4 Å². The zero-order valence-electron chi connectivity index (χ0n) is 10.3. The van der Waals surface area contributed by atoms with Gasteiger partial charge in [0.05, 0.1) is 0 Å². The van der Waals surface area contributed by atoms with Gasteiger partial charge >= 0.3 is 5.97 Å². The smallest absolute Gasteiger partial charge is 0.303 e. The molecule has 0 saturated carbocycles. The van der Waals surface area contributed by atoms with Crippen LogP contribution in [0.2, 0.25) is 0 Å². The Hall–Kier alpha value is -1.06. The van der Waals surface area contributed by atoms with Gasteiger partial charge in [0.15, 0.2) is 0 Å². The molecule has 0 radical (unpaired) electrons. The molecule has 16 heavy (non-hydrogen) atoms. The maximum Gasteiger partial charge on any atom is 0.303 e. The molecule has 94 valence electrons. The van der Waals surface area contributed by atoms with E-state index in [9.17, 15) is 9.59 Å². The molecular formula is C12H23NO3. The Bertz CT molecular complexity index is 216. The minimum Gasteiger partial charge on any atom is -0.481 e. The maximum absolute atomic E-state index is 11.4. The van der Waals surface area contributed by atoms with E-state index in [2.05, 4.69) is 12.2 Å². The van der Waals surface area contributed by atoms with Crippen LogP contribution in [0.15, 0.2) is 0 Å². The average molecular weight is 229 g/mol. The third-order valence-electron chi connectivity index (χ3n) is 2.46. The number of nitrogens with one attached hydrogen (secondary N) is 1. The Kier molecular flexibility index (Phi) is 8.58. The Morgan fingerprint density at radius 1 is 1.19 bits per heavy atom. The van der Waals surface area contributed by atoms with Crippen molar-refractivity contribution in [3.8, 4) is 0 Å². The predicted octanol–water partition coefficient (Wildman–Crippen LogP) is 2.33. The Morgan fingerprint density at radius 2 is 1.88 bits per heavy atom. The van der Waals surface area contributed by atoms with Crippen LogP contribution in [-0.4, -0.2) is 23.0 Å². The third kappa shape index (κ3) is 9.49. The van der Waals surface area contributed by atoms with Crippen LogP contribution in [0.25, 0.3) is 0 Å². The van der Waals surface area contributed by atoms with E-state index in [1.165, 1.54) is 6.42 Å². The van der Waals surface area contributed by atoms with Gasteiger partial charge in [-0.15, -0.1) is 0 Å². The monoisotopic (exact) mass is 229 g/mol. The molecule has 1 atom stereocenters. The van der Waals surface area contributed by atoms with Crippen molar-refractivity contribution >= 4 is 11.9 Å². The molecule has 4 heteroatoms. The van der Waals surface area contributed by atoms with Crippen LogP contribution in [0.1, 0.15) is 58.8 Å². The Balaban J connectivity index is 3.50. The number of amides is 1. The molecule has 0 bridgehead atoms. The first kappa shape index (κ1) is 14.9. The quantitative estimate of drug-likeness (QED) is 0.596. The normalized spacial score (nSPS) is 12.1. The molecule has 0 fully saturated rings. The van der Waals surface area contributed by atoms with E-state index in [4.69, 9.17) is 5.11 Å². The molecule has 4 nitrogen and oxygen atoms in total. The van der Waals surface area contributed by atoms with E-state index in [0.717, 1.165) is 19.3 Å². The van der Waals surface area contributed by atoms with E-state index in [-0.39, 0.29) is 18.4 Å². The fraction of sp³-hybridized carbons (Fsp3) is 0.833. The van der Waals surface area contributed by atoms with Crippen LogP contribution in [0.3, 0.4) is 0 Å². The lowest BCUT2D eigenvalue weighted by Gasteiger charge is -2.12. The van der Waals surface area contributed by atoms with Gasteiger partial charge in [0.25, 0.3) is 0 Å². The number of hydrogen-bond donors (Lipinski definition) is 2. The van der Waals surface area contributed by atoms with Crippen molar-refractivity contribution in [2.45, 2.75) is 64.8 Å². The standard InChI is InChI=1S/C12H23NO3/c1-3-4-5-6-7-11(14)13-10(2)8-9-12(15)16/h10H,3-9H2,1-2H3,(H,13,14)(H,15,16). The summed E-state index contributed by atoms with van der Waals surface area (Å²) in [5.74, 6) is -0.780. The third-order valence-corrected chi connectivity index (χ3v) is 2.46. The fourth-order valence-electron chi connectivity index (χ4n) is 1.47. The second kappa shape index (κ2) is 9.19. The second-order valence-electron chi connectivity index (χ2n) is 4.21. The highest BCUT2D eigenvalue weighted by molar-refractivity contribution is 5.76. The predicted molar refractivity (Wildman–Crippen MR) is 63.2 cm³/mol. The molecule has 1 amide bonds. The number of aliphatic carboxylic acids is 1. The highest BCUT2D eigenvalue weighted by atomic mass is 16.4. The van der Waals surface area contributed by atoms with Gasteiger partial charge in [0.2, 0.25) is 5.91 Å². The number of carbonyl (C=O) groups excluding carboxylic acids is 1. The van der Waals surface area contributed by atoms with Crippen molar-refractivity contribution < 1.29 is 14.7 Å². The lowest BCUT2D eigenvalue weighted by molar-refractivity contribution is -0.137. The van der Waals surface area contributed by atoms with Crippen LogP contribution in [0.5, 0.6) is 0 Å². The summed E-state index contributed by atoms with van der Waals surface area (Å²) in [6.45, 7) is 3.97. The minimum absolute atomic E-state index is 0.0361. The molecule has 1 unspecified atom stereocenters. The van der Waals surface area contributed by atoms with Gasteiger partial charge in [-0.3, -0.25) is 9.59 Å². The number of carbonyl (C=O) groups is 2. The molecule has 0 spiro atoms. The average Bonchev–Trinajstić information content (AvgIpc) is 2.21. The molecule has 2 N–H and O–H groups in total. The van der Waals surface area contributed by atoms with Crippen LogP contribution < -0.4 is 5.32 Å². The van der Waals surface area contributed by atoms with Crippen molar-refractivity contribution in [1.29, 1.82) is 0 Å². The summed E-state index contributed by atoms with van der Waals surface area (Å²) in [6, 6.07) is -0.0465. The summed E-state index contributed by atoms with van der Waals surface area (Å²) < 4.78 is 0. The van der Waals surface area contributed by atoms with Gasteiger partial charge in [-0.1, -0.05) is 26.2 Å². The lowest BCUT2D eigenvalue weighted by atomic mass is 10.1. The molecule has 0 aliphatic rings. The van der Waals surface area contributed by atoms with Crippen LogP contribution in [0.4, 0.5) is 0 Å². The van der Waals surface area contributed by atoms with Crippen molar-refractivity contribution in [2.75, 3.05) is 0 Å². The molecule has 0 saturated heterocycles. The Labute approximate surface area is 97.4 Å². The molecule has 0 aliphatic carbocycles. The van der Waals surface area contributed by atoms with E-state index in [0.29, 0.717) is 12.8 Å². The lowest BCUT2D eigenvalue weighted by Crippen LogP contribution is -2.32. The molecule has 0 rings (SSSR count). The first-order valence-corrected chi connectivity index (χ1v) is 6.07. The van der Waals surface area contributed by atoms with Gasteiger partial charge in [0, 0.05) is 18.9 Å². The molecule has 0 aliphatic heterocycles. The summed E-state index contributed by atoms with van der Waals surface area (Å²) in [6.07, 6.45) is 5.50. The SMILES string of the molecule is CCCCCCC(=O)NC(C)CCC(=O)O. The zero-order chi connectivity index (χ0) is 12.4. The molecule has 0 heterocycles. The zero-order valence-corrected chi connectivity index (χ0v) is 10.3. The van der Waals surface area contributed by atoms with Crippen LogP contribution in [-0.2, 0) is 9.59 Å². The van der Waals surface area contributed by atoms with Gasteiger partial charge in [0.1, 0.15) is 0 Å². The number of carboxylic acid groups (broad SMARTS) is 1. The summed E-state index contributed by atoms with van der Waals surface area (Å²) in [7, 11) is 0. The van der Waals surface area contributed by atoms with Crippen LogP contribution >= 0.6 is 0 Å². The molecule has 0 aromatic rings. The summed E-state index contributed by atoms with van der Waals surface area (Å²) >= 11 is 0. The van der Waals surface area contributed by atoms with E-state index < -0.39 is 5.97 Å². The summed E-state index contributed by atoms with van der Waals surface area (Å²) in [5.41, 5.74) is 0. The summed E-state index contributed by atoms with van der Waals surface area (Å²) in [4.78, 5) is 21.7. The molecule has 0 aromatic heterocycles. The van der Waals surface area contributed by atoms with E-state index in [1.807, 2.05) is 6.92 Å².